The van der Waals surface area contributed by atoms with Gasteiger partial charge in [0.05, 0.1) is 11.9 Å². The van der Waals surface area contributed by atoms with Crippen molar-refractivity contribution in [3.05, 3.63) is 33.2 Å². The van der Waals surface area contributed by atoms with E-state index in [1.807, 2.05) is 22.6 Å². The lowest BCUT2D eigenvalue weighted by Gasteiger charge is -2.19. The molecule has 66 valence electrons. The second kappa shape index (κ2) is 2.83. The Labute approximate surface area is 87.2 Å². The lowest BCUT2D eigenvalue weighted by atomic mass is 9.91. The van der Waals surface area contributed by atoms with Crippen LogP contribution in [0.1, 0.15) is 0 Å². The number of alkyl halides is 1. The minimum absolute atomic E-state index is 0.225. The monoisotopic (exact) mass is 290 g/mol. The van der Waals surface area contributed by atoms with E-state index in [4.69, 9.17) is 0 Å². The van der Waals surface area contributed by atoms with Gasteiger partial charge < -0.3 is 0 Å². The molecular weight excluding hydrogens is 286 g/mol. The number of hydrogen-bond donors (Lipinski definition) is 0. The zero-order valence-electron chi connectivity index (χ0n) is 6.37. The largest absolute Gasteiger partial charge is 0.299 e. The zero-order valence-corrected chi connectivity index (χ0v) is 8.53. The van der Waals surface area contributed by atoms with Gasteiger partial charge in [-0.05, 0) is 34.7 Å². The molecule has 13 heavy (non-hydrogen) atoms. The van der Waals surface area contributed by atoms with Crippen molar-refractivity contribution in [2.75, 3.05) is 0 Å². The van der Waals surface area contributed by atoms with Gasteiger partial charge in [-0.25, -0.2) is 4.39 Å². The van der Waals surface area contributed by atoms with Crippen molar-refractivity contribution in [1.29, 1.82) is 0 Å². The fourth-order valence-electron chi connectivity index (χ4n) is 1.22. The van der Waals surface area contributed by atoms with Crippen molar-refractivity contribution in [3.8, 4) is 0 Å². The highest BCUT2D eigenvalue weighted by molar-refractivity contribution is 14.1. The van der Waals surface area contributed by atoms with Gasteiger partial charge in [0, 0.05) is 9.15 Å². The lowest BCUT2D eigenvalue weighted by Crippen LogP contribution is -2.27. The first kappa shape index (κ1) is 8.74. The molecule has 1 heterocycles. The molecule has 0 aromatic rings. The Bertz CT molecular complexity index is 397. The summed E-state index contributed by atoms with van der Waals surface area (Å²) in [5, 5.41) is 7.27. The van der Waals surface area contributed by atoms with E-state index in [-0.39, 0.29) is 11.9 Å². The molecule has 3 nitrogen and oxygen atoms in total. The minimum atomic E-state index is -2.05. The predicted molar refractivity (Wildman–Crippen MR) is 53.0 cm³/mol. The number of carbonyl (C=O) groups excluding carboxylic acids is 1. The van der Waals surface area contributed by atoms with E-state index in [0.717, 1.165) is 0 Å². The zero-order chi connectivity index (χ0) is 9.47. The summed E-state index contributed by atoms with van der Waals surface area (Å²) in [6.07, 6.45) is 4.48. The molecule has 0 saturated carbocycles. The third-order valence-corrected chi connectivity index (χ3v) is 2.46. The van der Waals surface area contributed by atoms with Gasteiger partial charge in [-0.1, -0.05) is 0 Å². The van der Waals surface area contributed by atoms with Gasteiger partial charge in [-0.3, -0.25) is 4.79 Å². The molecule has 2 rings (SSSR count). The number of azo groups is 1. The number of aldehydes is 1. The van der Waals surface area contributed by atoms with Crippen LogP contribution in [0.2, 0.25) is 0 Å². The SMILES string of the molecule is O=C[C@]1(F)C=C(I)C=C2N=NC=C21. The summed E-state index contributed by atoms with van der Waals surface area (Å²) in [5.41, 5.74) is -1.39. The molecule has 0 N–H and O–H groups in total. The molecule has 0 radical (unpaired) electrons. The van der Waals surface area contributed by atoms with Gasteiger partial charge in [0.15, 0.2) is 6.29 Å². The van der Waals surface area contributed by atoms with Crippen LogP contribution in [0.25, 0.3) is 0 Å². The normalized spacial score (nSPS) is 30.5. The first-order chi connectivity index (χ1) is 6.15. The van der Waals surface area contributed by atoms with Crippen LogP contribution < -0.4 is 0 Å². The number of rotatable bonds is 1. The maximum Gasteiger partial charge on any atom is 0.213 e. The lowest BCUT2D eigenvalue weighted by molar-refractivity contribution is -0.113. The van der Waals surface area contributed by atoms with Crippen molar-refractivity contribution in [2.45, 2.75) is 5.67 Å². The smallest absolute Gasteiger partial charge is 0.213 e. The Kier molecular flexibility index (Phi) is 1.90. The number of hydrogen-bond acceptors (Lipinski definition) is 3. The van der Waals surface area contributed by atoms with E-state index in [1.54, 1.807) is 6.08 Å². The van der Waals surface area contributed by atoms with Crippen LogP contribution in [0.4, 0.5) is 4.39 Å². The van der Waals surface area contributed by atoms with E-state index in [0.29, 0.717) is 9.28 Å². The van der Waals surface area contributed by atoms with Gasteiger partial charge in [0.25, 0.3) is 0 Å². The molecule has 5 heteroatoms. The maximum absolute atomic E-state index is 13.8. The third kappa shape index (κ3) is 1.27. The third-order valence-electron chi connectivity index (χ3n) is 1.84. The van der Waals surface area contributed by atoms with Crippen LogP contribution in [-0.2, 0) is 4.79 Å². The molecular formula is C8H4FIN2O. The summed E-state index contributed by atoms with van der Waals surface area (Å²) >= 11 is 1.94. The van der Waals surface area contributed by atoms with Crippen molar-refractivity contribution in [2.24, 2.45) is 10.2 Å². The minimum Gasteiger partial charge on any atom is -0.299 e. The van der Waals surface area contributed by atoms with E-state index < -0.39 is 5.67 Å². The van der Waals surface area contributed by atoms with E-state index >= 15 is 0 Å². The van der Waals surface area contributed by atoms with Gasteiger partial charge in [0.1, 0.15) is 0 Å². The summed E-state index contributed by atoms with van der Waals surface area (Å²) in [6, 6.07) is 0. The molecule has 0 bridgehead atoms. The predicted octanol–water partition coefficient (Wildman–Crippen LogP) is 2.46. The molecule has 0 saturated heterocycles. The molecule has 0 spiro atoms. The second-order valence-corrected chi connectivity index (χ2v) is 3.95. The van der Waals surface area contributed by atoms with Crippen molar-refractivity contribution < 1.29 is 9.18 Å². The van der Waals surface area contributed by atoms with Gasteiger partial charge in [0.2, 0.25) is 5.67 Å². The Balaban J connectivity index is 2.56. The van der Waals surface area contributed by atoms with Crippen LogP contribution in [0, 0.1) is 0 Å². The molecule has 1 aliphatic heterocycles. The average molecular weight is 290 g/mol. The fourth-order valence-corrected chi connectivity index (χ4v) is 1.97. The van der Waals surface area contributed by atoms with Crippen LogP contribution in [0.5, 0.6) is 0 Å². The fraction of sp³-hybridized carbons (Fsp3) is 0.125. The molecule has 0 fully saturated rings. The highest BCUT2D eigenvalue weighted by Crippen LogP contribution is 2.39. The highest BCUT2D eigenvalue weighted by Gasteiger charge is 2.38. The van der Waals surface area contributed by atoms with Crippen LogP contribution in [-0.4, -0.2) is 12.0 Å². The molecule has 1 aliphatic carbocycles. The topological polar surface area (TPSA) is 41.8 Å². The Morgan fingerprint density at radius 3 is 3.08 bits per heavy atom. The number of fused-ring (bicyclic) bond motifs is 1. The van der Waals surface area contributed by atoms with Crippen LogP contribution in [0.15, 0.2) is 43.4 Å². The summed E-state index contributed by atoms with van der Waals surface area (Å²) in [6.45, 7) is 0. The summed E-state index contributed by atoms with van der Waals surface area (Å²) < 4.78 is 14.5. The highest BCUT2D eigenvalue weighted by atomic mass is 127. The van der Waals surface area contributed by atoms with E-state index in [1.165, 1.54) is 12.3 Å². The van der Waals surface area contributed by atoms with Crippen molar-refractivity contribution >= 4 is 28.9 Å². The van der Waals surface area contributed by atoms with Crippen LogP contribution >= 0.6 is 22.6 Å². The molecule has 2 aliphatic rings. The molecule has 0 aromatic heterocycles. The van der Waals surface area contributed by atoms with E-state index in [2.05, 4.69) is 10.2 Å². The van der Waals surface area contributed by atoms with Gasteiger partial charge >= 0.3 is 0 Å². The van der Waals surface area contributed by atoms with E-state index in [9.17, 15) is 9.18 Å². The summed E-state index contributed by atoms with van der Waals surface area (Å²) in [4.78, 5) is 10.6. The van der Waals surface area contributed by atoms with Crippen molar-refractivity contribution in [1.82, 2.24) is 0 Å². The first-order valence-electron chi connectivity index (χ1n) is 3.53. The molecule has 0 unspecified atom stereocenters. The quantitative estimate of drug-likeness (QED) is 0.540. The number of nitrogens with zero attached hydrogens (tertiary/aromatic N) is 2. The Morgan fingerprint density at radius 1 is 1.62 bits per heavy atom. The second-order valence-electron chi connectivity index (χ2n) is 2.70. The standard InChI is InChI=1S/C8H4FIN2O/c9-8(4-13)2-5(10)1-7-6(8)3-11-12-7/h1-4H/t8-/m1/s1. The Morgan fingerprint density at radius 2 is 2.38 bits per heavy atom. The molecule has 1 atom stereocenters. The van der Waals surface area contributed by atoms with Gasteiger partial charge in [-0.15, -0.1) is 0 Å². The first-order valence-corrected chi connectivity index (χ1v) is 4.61. The number of halogens is 2. The van der Waals surface area contributed by atoms with Crippen molar-refractivity contribution in [3.63, 3.8) is 0 Å². The maximum atomic E-state index is 13.8. The molecule has 0 aromatic carbocycles. The summed E-state index contributed by atoms with van der Waals surface area (Å²) in [7, 11) is 0. The number of allylic oxidation sites excluding steroid dienone is 4. The average Bonchev–Trinajstić information content (AvgIpc) is 2.52. The van der Waals surface area contributed by atoms with Crippen LogP contribution in [0.3, 0.4) is 0 Å². The Hall–Kier alpha value is -0.850. The van der Waals surface area contributed by atoms with Gasteiger partial charge in [-0.2, -0.15) is 10.2 Å². The summed E-state index contributed by atoms with van der Waals surface area (Å²) in [5.74, 6) is 0. The number of carbonyl (C=O) groups is 1. The molecule has 0 amide bonds.